The number of hydrogen-bond acceptors (Lipinski definition) is 4. The molecule has 1 unspecified atom stereocenters. The zero-order valence-corrected chi connectivity index (χ0v) is 20.3. The molecule has 34 heavy (non-hydrogen) atoms. The van der Waals surface area contributed by atoms with Crippen LogP contribution in [-0.4, -0.2) is 41.9 Å². The van der Waals surface area contributed by atoms with Gasteiger partial charge in [0.25, 0.3) is 0 Å². The van der Waals surface area contributed by atoms with Gasteiger partial charge in [0.1, 0.15) is 11.3 Å². The molecular formula is C28H35N3O3. The van der Waals surface area contributed by atoms with E-state index in [1.807, 2.05) is 42.5 Å². The van der Waals surface area contributed by atoms with Gasteiger partial charge in [-0.3, -0.25) is 14.5 Å². The summed E-state index contributed by atoms with van der Waals surface area (Å²) in [4.78, 5) is 29.5. The topological polar surface area (TPSA) is 70.7 Å². The van der Waals surface area contributed by atoms with E-state index in [9.17, 15) is 9.59 Å². The summed E-state index contributed by atoms with van der Waals surface area (Å²) >= 11 is 0. The standard InChI is InChI=1S/C28H35N3O3/c1-18(2)13-23-25-24-21(17-31(25)16-20-9-11-22(34-3)12-10-20)14-28(23,30-26(24)32)27(33)29-15-19-7-5-4-6-8-19/h4-12,18,21,23-25H,13-17H2,1-3H3,(H,29,33)(H,30,32)/t21?,23-,24-,25-,28+/m1/s1. The highest BCUT2D eigenvalue weighted by molar-refractivity contribution is 5.96. The van der Waals surface area contributed by atoms with Gasteiger partial charge in [-0.2, -0.15) is 0 Å². The number of piperidine rings is 2. The lowest BCUT2D eigenvalue weighted by Gasteiger charge is -2.55. The lowest BCUT2D eigenvalue weighted by Crippen LogP contribution is -2.75. The van der Waals surface area contributed by atoms with Crippen molar-refractivity contribution < 1.29 is 14.3 Å². The van der Waals surface area contributed by atoms with E-state index in [0.29, 0.717) is 12.5 Å². The van der Waals surface area contributed by atoms with Gasteiger partial charge in [0, 0.05) is 31.6 Å². The van der Waals surface area contributed by atoms with Crippen LogP contribution in [0, 0.1) is 23.7 Å². The first kappa shape index (κ1) is 22.9. The van der Waals surface area contributed by atoms with Gasteiger partial charge < -0.3 is 15.4 Å². The number of rotatable bonds is 8. The van der Waals surface area contributed by atoms with E-state index >= 15 is 0 Å². The Kier molecular flexibility index (Phi) is 6.11. The van der Waals surface area contributed by atoms with Gasteiger partial charge in [-0.25, -0.2) is 0 Å². The summed E-state index contributed by atoms with van der Waals surface area (Å²) in [6.45, 7) is 6.53. The molecule has 4 fully saturated rings. The Morgan fingerprint density at radius 1 is 1.15 bits per heavy atom. The molecule has 1 saturated carbocycles. The van der Waals surface area contributed by atoms with E-state index in [1.165, 1.54) is 5.56 Å². The average Bonchev–Trinajstić information content (AvgIpc) is 3.14. The summed E-state index contributed by atoms with van der Waals surface area (Å²) in [5.41, 5.74) is 1.43. The SMILES string of the molecule is COc1ccc(CN2CC3C[C@]4(C(=O)NCc5ccccc5)NC(=O)[C@H]3[C@H]2[C@H]4CC(C)C)cc1. The lowest BCUT2D eigenvalue weighted by molar-refractivity contribution is -0.155. The number of methoxy groups -OCH3 is 1. The van der Waals surface area contributed by atoms with Crippen LogP contribution in [0.2, 0.25) is 0 Å². The van der Waals surface area contributed by atoms with E-state index < -0.39 is 5.54 Å². The number of nitrogens with one attached hydrogen (secondary N) is 2. The second kappa shape index (κ2) is 9.06. The number of nitrogens with zero attached hydrogens (tertiary/aromatic N) is 1. The zero-order valence-electron chi connectivity index (χ0n) is 20.3. The van der Waals surface area contributed by atoms with Crippen LogP contribution >= 0.6 is 0 Å². The van der Waals surface area contributed by atoms with Crippen LogP contribution in [0.3, 0.4) is 0 Å². The molecule has 6 heteroatoms. The number of fused-ring (bicyclic) bond motifs is 1. The molecule has 0 radical (unpaired) electrons. The van der Waals surface area contributed by atoms with Crippen LogP contribution in [0.15, 0.2) is 54.6 Å². The second-order valence-electron chi connectivity index (χ2n) is 10.6. The molecule has 6 rings (SSSR count). The van der Waals surface area contributed by atoms with Crippen molar-refractivity contribution in [3.8, 4) is 5.75 Å². The van der Waals surface area contributed by atoms with Gasteiger partial charge >= 0.3 is 0 Å². The van der Waals surface area contributed by atoms with Crippen molar-refractivity contribution in [3.63, 3.8) is 0 Å². The molecule has 4 bridgehead atoms. The van der Waals surface area contributed by atoms with Gasteiger partial charge in [0.15, 0.2) is 0 Å². The fourth-order valence-corrected chi connectivity index (χ4v) is 6.65. The van der Waals surface area contributed by atoms with Crippen LogP contribution in [-0.2, 0) is 22.7 Å². The largest absolute Gasteiger partial charge is 0.497 e. The Morgan fingerprint density at radius 3 is 2.56 bits per heavy atom. The van der Waals surface area contributed by atoms with Crippen molar-refractivity contribution in [2.75, 3.05) is 13.7 Å². The number of ether oxygens (including phenoxy) is 1. The van der Waals surface area contributed by atoms with Crippen molar-refractivity contribution in [3.05, 3.63) is 65.7 Å². The van der Waals surface area contributed by atoms with Crippen molar-refractivity contribution in [1.82, 2.24) is 15.5 Å². The molecule has 1 aliphatic carbocycles. The molecule has 2 N–H and O–H groups in total. The maximum atomic E-state index is 13.8. The molecule has 5 atom stereocenters. The highest BCUT2D eigenvalue weighted by Gasteiger charge is 2.67. The molecule has 4 aliphatic rings. The average molecular weight is 462 g/mol. The van der Waals surface area contributed by atoms with Crippen LogP contribution in [0.4, 0.5) is 0 Å². The normalized spacial score (nSPS) is 29.8. The summed E-state index contributed by atoms with van der Waals surface area (Å²) in [5, 5.41) is 6.40. The maximum Gasteiger partial charge on any atom is 0.246 e. The molecule has 6 nitrogen and oxygen atoms in total. The fraction of sp³-hybridized carbons (Fsp3) is 0.500. The minimum Gasteiger partial charge on any atom is -0.497 e. The summed E-state index contributed by atoms with van der Waals surface area (Å²) < 4.78 is 5.31. The van der Waals surface area contributed by atoms with E-state index in [0.717, 1.165) is 37.2 Å². The van der Waals surface area contributed by atoms with E-state index in [2.05, 4.69) is 41.5 Å². The zero-order chi connectivity index (χ0) is 23.9. The molecule has 3 saturated heterocycles. The predicted octanol–water partition coefficient (Wildman–Crippen LogP) is 3.36. The highest BCUT2D eigenvalue weighted by atomic mass is 16.5. The first-order valence-electron chi connectivity index (χ1n) is 12.4. The number of hydrogen-bond donors (Lipinski definition) is 2. The van der Waals surface area contributed by atoms with Crippen molar-refractivity contribution in [1.29, 1.82) is 0 Å². The molecule has 2 aromatic rings. The molecule has 2 amide bonds. The third-order valence-corrected chi connectivity index (χ3v) is 8.02. The second-order valence-corrected chi connectivity index (χ2v) is 10.6. The van der Waals surface area contributed by atoms with Gasteiger partial charge in [-0.15, -0.1) is 0 Å². The molecule has 180 valence electrons. The van der Waals surface area contributed by atoms with Gasteiger partial charge in [0.05, 0.1) is 13.0 Å². The first-order valence-corrected chi connectivity index (χ1v) is 12.4. The Labute approximate surface area is 202 Å². The van der Waals surface area contributed by atoms with Crippen LogP contribution in [0.25, 0.3) is 0 Å². The Morgan fingerprint density at radius 2 is 1.88 bits per heavy atom. The predicted molar refractivity (Wildman–Crippen MR) is 131 cm³/mol. The summed E-state index contributed by atoms with van der Waals surface area (Å²) in [6.07, 6.45) is 1.63. The van der Waals surface area contributed by atoms with Gasteiger partial charge in [0.2, 0.25) is 11.8 Å². The smallest absolute Gasteiger partial charge is 0.246 e. The monoisotopic (exact) mass is 461 g/mol. The minimum absolute atomic E-state index is 0.0326. The van der Waals surface area contributed by atoms with Crippen molar-refractivity contribution >= 4 is 11.8 Å². The Hall–Kier alpha value is -2.86. The van der Waals surface area contributed by atoms with E-state index in [1.54, 1.807) is 7.11 Å². The van der Waals surface area contributed by atoms with E-state index in [4.69, 9.17) is 4.74 Å². The van der Waals surface area contributed by atoms with Gasteiger partial charge in [-0.05, 0) is 47.9 Å². The molecular weight excluding hydrogens is 426 g/mol. The minimum atomic E-state index is -0.838. The Bertz CT molecular complexity index is 1040. The van der Waals surface area contributed by atoms with Crippen molar-refractivity contribution in [2.45, 2.75) is 51.4 Å². The quantitative estimate of drug-likeness (QED) is 0.633. The third-order valence-electron chi connectivity index (χ3n) is 8.02. The molecule has 3 heterocycles. The number of likely N-dealkylation sites (tertiary alicyclic amines) is 1. The number of carbonyl (C=O) groups is 2. The van der Waals surface area contributed by atoms with Gasteiger partial charge in [-0.1, -0.05) is 56.3 Å². The molecule has 3 aliphatic heterocycles. The van der Waals surface area contributed by atoms with Crippen molar-refractivity contribution in [2.24, 2.45) is 23.7 Å². The van der Waals surface area contributed by atoms with Crippen LogP contribution < -0.4 is 15.4 Å². The lowest BCUT2D eigenvalue weighted by atomic mass is 9.57. The maximum absolute atomic E-state index is 13.8. The summed E-state index contributed by atoms with van der Waals surface area (Å²) in [7, 11) is 1.67. The molecule has 0 spiro atoms. The summed E-state index contributed by atoms with van der Waals surface area (Å²) in [6, 6.07) is 18.2. The summed E-state index contributed by atoms with van der Waals surface area (Å²) in [5.74, 6) is 1.55. The van der Waals surface area contributed by atoms with Crippen LogP contribution in [0.1, 0.15) is 37.8 Å². The van der Waals surface area contributed by atoms with Crippen LogP contribution in [0.5, 0.6) is 5.75 Å². The van der Waals surface area contributed by atoms with E-state index in [-0.39, 0.29) is 35.6 Å². The number of benzene rings is 2. The fourth-order valence-electron chi connectivity index (χ4n) is 6.65. The molecule has 0 aromatic heterocycles. The molecule has 2 aromatic carbocycles. The number of amides is 2. The third kappa shape index (κ3) is 3.98. The Balaban J connectivity index is 1.42. The highest BCUT2D eigenvalue weighted by Crippen LogP contribution is 2.54. The first-order chi connectivity index (χ1) is 16.4. The number of carbonyl (C=O) groups excluding carboxylic acids is 2.